The van der Waals surface area contributed by atoms with E-state index in [1.54, 1.807) is 0 Å². The van der Waals surface area contributed by atoms with Crippen molar-refractivity contribution < 1.29 is 9.84 Å². The molecular formula is C9H20ClNO2. The van der Waals surface area contributed by atoms with Crippen molar-refractivity contribution in [1.29, 1.82) is 0 Å². The summed E-state index contributed by atoms with van der Waals surface area (Å²) in [6.07, 6.45) is 0.671. The van der Waals surface area contributed by atoms with Crippen LogP contribution >= 0.6 is 12.4 Å². The van der Waals surface area contributed by atoms with E-state index >= 15 is 0 Å². The van der Waals surface area contributed by atoms with Crippen molar-refractivity contribution in [2.45, 2.75) is 45.0 Å². The van der Waals surface area contributed by atoms with E-state index in [4.69, 9.17) is 4.74 Å². The van der Waals surface area contributed by atoms with Gasteiger partial charge in [0.1, 0.15) is 0 Å². The smallest absolute Gasteiger partial charge is 0.0731 e. The number of piperidine rings is 1. The standard InChI is InChI=1S/C9H19NO2.ClH/c1-9(2,3)12-8-4-7(11)5-10-6-8;/h7-8,10-11H,4-6H2,1-3H3;1H/t7-,8-;/m1./s1. The lowest BCUT2D eigenvalue weighted by Gasteiger charge is -2.32. The second kappa shape index (κ2) is 5.15. The van der Waals surface area contributed by atoms with Crippen LogP contribution in [0.15, 0.2) is 0 Å². The number of aliphatic hydroxyl groups is 1. The molecule has 0 saturated carbocycles. The third-order valence-electron chi connectivity index (χ3n) is 1.81. The number of halogens is 1. The Morgan fingerprint density at radius 2 is 1.92 bits per heavy atom. The Hall–Kier alpha value is 0.170. The van der Waals surface area contributed by atoms with Crippen LogP contribution in [0.3, 0.4) is 0 Å². The highest BCUT2D eigenvalue weighted by atomic mass is 35.5. The molecule has 80 valence electrons. The Bertz CT molecular complexity index is 147. The highest BCUT2D eigenvalue weighted by molar-refractivity contribution is 5.85. The van der Waals surface area contributed by atoms with Gasteiger partial charge in [-0.15, -0.1) is 12.4 Å². The van der Waals surface area contributed by atoms with Crippen LogP contribution in [0.4, 0.5) is 0 Å². The average molecular weight is 210 g/mol. The molecule has 2 atom stereocenters. The number of nitrogens with one attached hydrogen (secondary N) is 1. The van der Waals surface area contributed by atoms with E-state index < -0.39 is 0 Å². The first kappa shape index (κ1) is 13.2. The van der Waals surface area contributed by atoms with Gasteiger partial charge in [0.15, 0.2) is 0 Å². The molecule has 1 rings (SSSR count). The largest absolute Gasteiger partial charge is 0.392 e. The first-order valence-corrected chi connectivity index (χ1v) is 4.54. The Balaban J connectivity index is 0.00000144. The van der Waals surface area contributed by atoms with Gasteiger partial charge in [-0.25, -0.2) is 0 Å². The van der Waals surface area contributed by atoms with Crippen LogP contribution in [-0.2, 0) is 4.74 Å². The maximum atomic E-state index is 9.33. The molecule has 0 aromatic rings. The first-order valence-electron chi connectivity index (χ1n) is 4.54. The summed E-state index contributed by atoms with van der Waals surface area (Å²) < 4.78 is 5.73. The molecule has 13 heavy (non-hydrogen) atoms. The van der Waals surface area contributed by atoms with Crippen molar-refractivity contribution >= 4 is 12.4 Å². The van der Waals surface area contributed by atoms with E-state index in [1.165, 1.54) is 0 Å². The summed E-state index contributed by atoms with van der Waals surface area (Å²) in [5.74, 6) is 0. The van der Waals surface area contributed by atoms with Gasteiger partial charge in [-0.2, -0.15) is 0 Å². The molecule has 3 nitrogen and oxygen atoms in total. The van der Waals surface area contributed by atoms with Crippen LogP contribution in [0.25, 0.3) is 0 Å². The molecule has 1 heterocycles. The van der Waals surface area contributed by atoms with Crippen molar-refractivity contribution in [2.75, 3.05) is 13.1 Å². The van der Waals surface area contributed by atoms with Gasteiger partial charge in [-0.05, 0) is 20.8 Å². The molecule has 0 spiro atoms. The summed E-state index contributed by atoms with van der Waals surface area (Å²) >= 11 is 0. The van der Waals surface area contributed by atoms with E-state index in [1.807, 2.05) is 20.8 Å². The predicted octanol–water partition coefficient (Wildman–Crippen LogP) is 0.946. The molecule has 1 saturated heterocycles. The molecule has 0 aromatic carbocycles. The van der Waals surface area contributed by atoms with E-state index in [0.29, 0.717) is 6.54 Å². The first-order chi connectivity index (χ1) is 5.47. The fourth-order valence-corrected chi connectivity index (χ4v) is 1.47. The van der Waals surface area contributed by atoms with Gasteiger partial charge in [0.25, 0.3) is 0 Å². The van der Waals surface area contributed by atoms with Crippen molar-refractivity contribution in [2.24, 2.45) is 0 Å². The lowest BCUT2D eigenvalue weighted by molar-refractivity contribution is -0.0850. The van der Waals surface area contributed by atoms with Crippen LogP contribution in [0.5, 0.6) is 0 Å². The van der Waals surface area contributed by atoms with E-state index in [9.17, 15) is 5.11 Å². The van der Waals surface area contributed by atoms with Crippen molar-refractivity contribution in [1.82, 2.24) is 5.32 Å². The third-order valence-corrected chi connectivity index (χ3v) is 1.81. The summed E-state index contributed by atoms with van der Waals surface area (Å²) in [6.45, 7) is 7.66. The maximum absolute atomic E-state index is 9.33. The van der Waals surface area contributed by atoms with Gasteiger partial charge >= 0.3 is 0 Å². The zero-order valence-corrected chi connectivity index (χ0v) is 9.36. The van der Waals surface area contributed by atoms with Gasteiger partial charge in [0, 0.05) is 19.5 Å². The quantitative estimate of drug-likeness (QED) is 0.676. The number of ether oxygens (including phenoxy) is 1. The van der Waals surface area contributed by atoms with Crippen LogP contribution in [0.1, 0.15) is 27.2 Å². The Morgan fingerprint density at radius 3 is 2.38 bits per heavy atom. The Morgan fingerprint density at radius 1 is 1.31 bits per heavy atom. The monoisotopic (exact) mass is 209 g/mol. The molecule has 4 heteroatoms. The van der Waals surface area contributed by atoms with E-state index in [-0.39, 0.29) is 30.2 Å². The molecule has 0 aliphatic carbocycles. The molecule has 0 aromatic heterocycles. The second-order valence-corrected chi connectivity index (χ2v) is 4.40. The number of hydrogen-bond acceptors (Lipinski definition) is 3. The summed E-state index contributed by atoms with van der Waals surface area (Å²) in [5.41, 5.74) is -0.108. The van der Waals surface area contributed by atoms with E-state index in [2.05, 4.69) is 5.32 Å². The zero-order chi connectivity index (χ0) is 9.19. The maximum Gasteiger partial charge on any atom is 0.0731 e. The molecule has 0 bridgehead atoms. The molecule has 1 aliphatic rings. The van der Waals surface area contributed by atoms with Crippen LogP contribution in [0.2, 0.25) is 0 Å². The minimum Gasteiger partial charge on any atom is -0.392 e. The molecule has 0 amide bonds. The zero-order valence-electron chi connectivity index (χ0n) is 8.54. The van der Waals surface area contributed by atoms with Crippen LogP contribution in [0, 0.1) is 0 Å². The number of β-amino-alcohol motifs (C(OH)–C–C–N with tert-alkyl or cyclic N) is 1. The van der Waals surface area contributed by atoms with E-state index in [0.717, 1.165) is 13.0 Å². The van der Waals surface area contributed by atoms with Crippen molar-refractivity contribution in [3.63, 3.8) is 0 Å². The highest BCUT2D eigenvalue weighted by Gasteiger charge is 2.24. The molecule has 1 fully saturated rings. The Labute approximate surface area is 86.3 Å². The number of aliphatic hydroxyl groups excluding tert-OH is 1. The highest BCUT2D eigenvalue weighted by Crippen LogP contribution is 2.15. The number of rotatable bonds is 1. The minimum absolute atomic E-state index is 0. The third kappa shape index (κ3) is 5.47. The minimum atomic E-state index is -0.244. The fraction of sp³-hybridized carbons (Fsp3) is 1.00. The van der Waals surface area contributed by atoms with Gasteiger partial charge in [0.05, 0.1) is 17.8 Å². The average Bonchev–Trinajstić information content (AvgIpc) is 1.82. The molecule has 2 N–H and O–H groups in total. The molecule has 0 unspecified atom stereocenters. The van der Waals surface area contributed by atoms with Gasteiger partial charge < -0.3 is 15.2 Å². The predicted molar refractivity (Wildman–Crippen MR) is 55.4 cm³/mol. The fourth-order valence-electron chi connectivity index (χ4n) is 1.47. The topological polar surface area (TPSA) is 41.5 Å². The lowest BCUT2D eigenvalue weighted by atomic mass is 10.1. The van der Waals surface area contributed by atoms with Crippen LogP contribution < -0.4 is 5.32 Å². The van der Waals surface area contributed by atoms with Gasteiger partial charge in [-0.3, -0.25) is 0 Å². The van der Waals surface area contributed by atoms with Crippen molar-refractivity contribution in [3.05, 3.63) is 0 Å². The summed E-state index contributed by atoms with van der Waals surface area (Å²) in [6, 6.07) is 0. The molecular weight excluding hydrogens is 190 g/mol. The summed E-state index contributed by atoms with van der Waals surface area (Å²) in [7, 11) is 0. The summed E-state index contributed by atoms with van der Waals surface area (Å²) in [4.78, 5) is 0. The van der Waals surface area contributed by atoms with Crippen LogP contribution in [-0.4, -0.2) is 36.0 Å². The lowest BCUT2D eigenvalue weighted by Crippen LogP contribution is -2.45. The molecule has 0 radical (unpaired) electrons. The normalized spacial score (nSPS) is 29.5. The van der Waals surface area contributed by atoms with Gasteiger partial charge in [-0.1, -0.05) is 0 Å². The molecule has 1 aliphatic heterocycles. The van der Waals surface area contributed by atoms with Crippen molar-refractivity contribution in [3.8, 4) is 0 Å². The van der Waals surface area contributed by atoms with Gasteiger partial charge in [0.2, 0.25) is 0 Å². The SMILES string of the molecule is CC(C)(C)O[C@H]1CNC[C@H](O)C1.Cl. The number of hydrogen-bond donors (Lipinski definition) is 2. The summed E-state index contributed by atoms with van der Waals surface area (Å²) in [5, 5.41) is 12.5. The second-order valence-electron chi connectivity index (χ2n) is 4.40. The Kier molecular flexibility index (Phi) is 5.22.